The number of aromatic nitrogens is 1. The lowest BCUT2D eigenvalue weighted by atomic mass is 9.96. The van der Waals surface area contributed by atoms with Crippen molar-refractivity contribution in [3.05, 3.63) is 30.2 Å². The first kappa shape index (κ1) is 16.6. The van der Waals surface area contributed by atoms with E-state index >= 15 is 0 Å². The smallest absolute Gasteiger partial charge is 0.236 e. The molecule has 0 atom stereocenters. The van der Waals surface area contributed by atoms with Gasteiger partial charge < -0.3 is 9.32 Å². The Kier molecular flexibility index (Phi) is 4.75. The van der Waals surface area contributed by atoms with Gasteiger partial charge in [0.25, 0.3) is 0 Å². The number of carbonyl (C=O) groups is 1. The molecular formula is C20H27N3O2. The van der Waals surface area contributed by atoms with Crippen LogP contribution in [0.4, 0.5) is 0 Å². The maximum Gasteiger partial charge on any atom is 0.236 e. The largest absolute Gasteiger partial charge is 0.440 e. The summed E-state index contributed by atoms with van der Waals surface area (Å²) in [4.78, 5) is 21.5. The Bertz CT molecular complexity index is 692. The highest BCUT2D eigenvalue weighted by atomic mass is 16.3. The summed E-state index contributed by atoms with van der Waals surface area (Å²) in [7, 11) is 0. The van der Waals surface area contributed by atoms with Gasteiger partial charge in [-0.1, -0.05) is 19.1 Å². The summed E-state index contributed by atoms with van der Waals surface area (Å²) in [6, 6.07) is 7.90. The van der Waals surface area contributed by atoms with Crippen molar-refractivity contribution >= 4 is 17.0 Å². The first-order chi connectivity index (χ1) is 12.2. The van der Waals surface area contributed by atoms with Gasteiger partial charge in [0.05, 0.1) is 6.54 Å². The van der Waals surface area contributed by atoms with E-state index in [1.54, 1.807) is 0 Å². The average molecular weight is 341 g/mol. The lowest BCUT2D eigenvalue weighted by Crippen LogP contribution is -2.45. The number of likely N-dealkylation sites (tertiary alicyclic amines) is 2. The number of nitrogens with zero attached hydrogens (tertiary/aromatic N) is 3. The number of rotatable bonds is 3. The highest BCUT2D eigenvalue weighted by Crippen LogP contribution is 2.30. The molecule has 0 aliphatic carbocycles. The normalized spacial score (nSPS) is 21.1. The Labute approximate surface area is 149 Å². The van der Waals surface area contributed by atoms with E-state index in [-0.39, 0.29) is 5.91 Å². The fraction of sp³-hybridized carbons (Fsp3) is 0.600. The van der Waals surface area contributed by atoms with Crippen molar-refractivity contribution in [2.75, 3.05) is 32.7 Å². The van der Waals surface area contributed by atoms with Crippen LogP contribution in [0.3, 0.4) is 0 Å². The highest BCUT2D eigenvalue weighted by molar-refractivity contribution is 5.78. The van der Waals surface area contributed by atoms with Crippen molar-refractivity contribution in [3.63, 3.8) is 0 Å². The highest BCUT2D eigenvalue weighted by Gasteiger charge is 2.28. The second-order valence-corrected chi connectivity index (χ2v) is 7.63. The molecule has 0 spiro atoms. The van der Waals surface area contributed by atoms with Crippen LogP contribution in [0.5, 0.6) is 0 Å². The minimum absolute atomic E-state index is 0.283. The third-order valence-electron chi connectivity index (χ3n) is 5.74. The van der Waals surface area contributed by atoms with Gasteiger partial charge in [-0.05, 0) is 56.8 Å². The molecule has 2 aromatic rings. The number of amides is 1. The summed E-state index contributed by atoms with van der Waals surface area (Å²) in [5.41, 5.74) is 1.78. The number of benzene rings is 1. The van der Waals surface area contributed by atoms with E-state index in [1.165, 1.54) is 12.8 Å². The van der Waals surface area contributed by atoms with E-state index in [4.69, 9.17) is 4.42 Å². The predicted molar refractivity (Wildman–Crippen MR) is 97.4 cm³/mol. The molecule has 5 nitrogen and oxygen atoms in total. The zero-order chi connectivity index (χ0) is 17.2. The Morgan fingerprint density at radius 3 is 2.56 bits per heavy atom. The standard InChI is InChI=1S/C20H27N3O2/c1-15-6-10-22(11-7-15)14-19(24)23-12-8-16(9-13-23)20-21-17-4-2-3-5-18(17)25-20/h2-5,15-16H,6-14H2,1H3. The quantitative estimate of drug-likeness (QED) is 0.860. The maximum absolute atomic E-state index is 12.6. The molecule has 1 aromatic carbocycles. The molecule has 0 radical (unpaired) electrons. The summed E-state index contributed by atoms with van der Waals surface area (Å²) in [6.45, 7) is 6.63. The molecule has 134 valence electrons. The molecule has 0 unspecified atom stereocenters. The molecule has 0 N–H and O–H groups in total. The number of carbonyl (C=O) groups excluding carboxylic acids is 1. The molecule has 2 aliphatic heterocycles. The monoisotopic (exact) mass is 341 g/mol. The van der Waals surface area contributed by atoms with Gasteiger partial charge in [0.15, 0.2) is 11.5 Å². The molecule has 3 heterocycles. The second kappa shape index (κ2) is 7.16. The molecule has 5 heteroatoms. The summed E-state index contributed by atoms with van der Waals surface area (Å²) < 4.78 is 5.91. The van der Waals surface area contributed by atoms with E-state index in [9.17, 15) is 4.79 Å². The molecule has 0 bridgehead atoms. The number of oxazole rings is 1. The summed E-state index contributed by atoms with van der Waals surface area (Å²) in [5.74, 6) is 2.24. The van der Waals surface area contributed by atoms with Crippen molar-refractivity contribution in [3.8, 4) is 0 Å². The zero-order valence-corrected chi connectivity index (χ0v) is 15.0. The molecule has 2 saturated heterocycles. The number of hydrogen-bond acceptors (Lipinski definition) is 4. The van der Waals surface area contributed by atoms with Gasteiger partial charge in [0.1, 0.15) is 5.52 Å². The number of hydrogen-bond donors (Lipinski definition) is 0. The fourth-order valence-corrected chi connectivity index (χ4v) is 3.95. The van der Waals surface area contributed by atoms with E-state index in [0.717, 1.165) is 61.9 Å². The minimum atomic E-state index is 0.283. The SMILES string of the molecule is CC1CCN(CC(=O)N2CCC(c3nc4ccccc4o3)CC2)CC1. The third-order valence-corrected chi connectivity index (χ3v) is 5.74. The van der Waals surface area contributed by atoms with Crippen LogP contribution in [-0.4, -0.2) is 53.4 Å². The van der Waals surface area contributed by atoms with Gasteiger partial charge in [0, 0.05) is 19.0 Å². The van der Waals surface area contributed by atoms with Crippen molar-refractivity contribution < 1.29 is 9.21 Å². The van der Waals surface area contributed by atoms with Crippen molar-refractivity contribution in [2.45, 2.75) is 38.5 Å². The van der Waals surface area contributed by atoms with Crippen LogP contribution < -0.4 is 0 Å². The van der Waals surface area contributed by atoms with E-state index in [1.807, 2.05) is 29.2 Å². The van der Waals surface area contributed by atoms with Crippen molar-refractivity contribution in [1.29, 1.82) is 0 Å². The first-order valence-corrected chi connectivity index (χ1v) is 9.54. The van der Waals surface area contributed by atoms with Crippen LogP contribution in [-0.2, 0) is 4.79 Å². The van der Waals surface area contributed by atoms with Crippen molar-refractivity contribution in [2.24, 2.45) is 5.92 Å². The van der Waals surface area contributed by atoms with Crippen LogP contribution in [0.15, 0.2) is 28.7 Å². The first-order valence-electron chi connectivity index (χ1n) is 9.54. The second-order valence-electron chi connectivity index (χ2n) is 7.63. The van der Waals surface area contributed by atoms with Crippen LogP contribution in [0.2, 0.25) is 0 Å². The molecule has 2 aliphatic rings. The minimum Gasteiger partial charge on any atom is -0.440 e. The number of para-hydroxylation sites is 2. The summed E-state index contributed by atoms with van der Waals surface area (Å²) >= 11 is 0. The van der Waals surface area contributed by atoms with Gasteiger partial charge >= 0.3 is 0 Å². The lowest BCUT2D eigenvalue weighted by molar-refractivity contribution is -0.133. The molecule has 4 rings (SSSR count). The van der Waals surface area contributed by atoms with E-state index in [2.05, 4.69) is 16.8 Å². The Hall–Kier alpha value is -1.88. The van der Waals surface area contributed by atoms with Gasteiger partial charge in [-0.15, -0.1) is 0 Å². The summed E-state index contributed by atoms with van der Waals surface area (Å²) in [5, 5.41) is 0. The van der Waals surface area contributed by atoms with Crippen LogP contribution >= 0.6 is 0 Å². The Morgan fingerprint density at radius 1 is 1.12 bits per heavy atom. The fourth-order valence-electron chi connectivity index (χ4n) is 3.95. The Morgan fingerprint density at radius 2 is 1.84 bits per heavy atom. The third kappa shape index (κ3) is 3.71. The average Bonchev–Trinajstić information content (AvgIpc) is 3.08. The molecule has 2 fully saturated rings. The maximum atomic E-state index is 12.6. The molecule has 0 saturated carbocycles. The topological polar surface area (TPSA) is 49.6 Å². The van der Waals surface area contributed by atoms with Gasteiger partial charge in [0.2, 0.25) is 5.91 Å². The van der Waals surface area contributed by atoms with Gasteiger partial charge in [-0.3, -0.25) is 9.69 Å². The van der Waals surface area contributed by atoms with E-state index in [0.29, 0.717) is 12.5 Å². The van der Waals surface area contributed by atoms with Crippen molar-refractivity contribution in [1.82, 2.24) is 14.8 Å². The van der Waals surface area contributed by atoms with Gasteiger partial charge in [-0.2, -0.15) is 0 Å². The number of fused-ring (bicyclic) bond motifs is 1. The van der Waals surface area contributed by atoms with Gasteiger partial charge in [-0.25, -0.2) is 4.98 Å². The number of piperidine rings is 2. The van der Waals surface area contributed by atoms with Crippen LogP contribution in [0.25, 0.3) is 11.1 Å². The van der Waals surface area contributed by atoms with E-state index < -0.39 is 0 Å². The zero-order valence-electron chi connectivity index (χ0n) is 15.0. The molecule has 1 amide bonds. The molecule has 1 aromatic heterocycles. The van der Waals surface area contributed by atoms with Crippen LogP contribution in [0.1, 0.15) is 44.4 Å². The molecular weight excluding hydrogens is 314 g/mol. The lowest BCUT2D eigenvalue weighted by Gasteiger charge is -2.34. The Balaban J connectivity index is 1.31. The van der Waals surface area contributed by atoms with Crippen LogP contribution in [0, 0.1) is 5.92 Å². The molecule has 25 heavy (non-hydrogen) atoms. The summed E-state index contributed by atoms with van der Waals surface area (Å²) in [6.07, 6.45) is 4.31. The predicted octanol–water partition coefficient (Wildman–Crippen LogP) is 3.27.